The highest BCUT2D eigenvalue weighted by Crippen LogP contribution is 2.34. The molecule has 1 aliphatic rings. The zero-order valence-electron chi connectivity index (χ0n) is 12.8. The number of hydrogen-bond donors (Lipinski definition) is 0. The summed E-state index contributed by atoms with van der Waals surface area (Å²) in [5.74, 6) is 0.172. The third-order valence-electron chi connectivity index (χ3n) is 3.64. The van der Waals surface area contributed by atoms with Crippen molar-refractivity contribution >= 4 is 29.3 Å². The number of thioether (sulfide) groups is 1. The number of anilines is 1. The van der Waals surface area contributed by atoms with E-state index in [1.807, 2.05) is 43.3 Å². The van der Waals surface area contributed by atoms with Crippen LogP contribution in [0.25, 0.3) is 0 Å². The van der Waals surface area contributed by atoms with Gasteiger partial charge in [-0.2, -0.15) is 0 Å². The van der Waals surface area contributed by atoms with E-state index in [0.717, 1.165) is 21.9 Å². The quantitative estimate of drug-likeness (QED) is 0.812. The fraction of sp³-hybridized carbons (Fsp3) is 0.222. The fourth-order valence-electron chi connectivity index (χ4n) is 2.41. The number of aryl methyl sites for hydroxylation is 1. The van der Waals surface area contributed by atoms with Gasteiger partial charge in [0.15, 0.2) is 6.61 Å². The summed E-state index contributed by atoms with van der Waals surface area (Å²) in [6.45, 7) is 2.33. The van der Waals surface area contributed by atoms with Crippen LogP contribution in [0.1, 0.15) is 15.9 Å². The predicted molar refractivity (Wildman–Crippen MR) is 91.0 cm³/mol. The molecule has 0 saturated heterocycles. The lowest BCUT2D eigenvalue weighted by molar-refractivity contribution is -0.121. The minimum Gasteiger partial charge on any atom is -0.452 e. The van der Waals surface area contributed by atoms with Gasteiger partial charge in [0.1, 0.15) is 0 Å². The monoisotopic (exact) mass is 327 g/mol. The van der Waals surface area contributed by atoms with Gasteiger partial charge in [0.2, 0.25) is 0 Å². The van der Waals surface area contributed by atoms with Crippen molar-refractivity contribution in [3.63, 3.8) is 0 Å². The topological polar surface area (TPSA) is 46.6 Å². The van der Waals surface area contributed by atoms with Crippen LogP contribution in [-0.4, -0.2) is 30.8 Å². The Hall–Kier alpha value is -2.27. The highest BCUT2D eigenvalue weighted by molar-refractivity contribution is 7.99. The molecular formula is C18H17NO3S. The highest BCUT2D eigenvalue weighted by atomic mass is 32.2. The second-order valence-electron chi connectivity index (χ2n) is 5.30. The molecule has 118 valence electrons. The minimum atomic E-state index is -0.474. The molecule has 0 bridgehead atoms. The number of carbonyl (C=O) groups is 2. The molecular weight excluding hydrogens is 310 g/mol. The molecule has 1 aliphatic heterocycles. The minimum absolute atomic E-state index is 0.196. The van der Waals surface area contributed by atoms with Crippen molar-refractivity contribution in [1.29, 1.82) is 0 Å². The maximum absolute atomic E-state index is 12.4. The number of hydrogen-bond acceptors (Lipinski definition) is 4. The normalized spacial score (nSPS) is 13.3. The van der Waals surface area contributed by atoms with Crippen LogP contribution in [0.15, 0.2) is 53.4 Å². The Labute approximate surface area is 139 Å². The van der Waals surface area contributed by atoms with Crippen LogP contribution < -0.4 is 4.90 Å². The molecule has 0 unspecified atom stereocenters. The molecule has 2 aromatic rings. The zero-order chi connectivity index (χ0) is 16.2. The SMILES string of the molecule is Cc1ccc(C(=O)OCC(=O)N2CCSc3ccccc32)cc1. The van der Waals surface area contributed by atoms with Crippen LogP contribution in [0.2, 0.25) is 0 Å². The Bertz CT molecular complexity index is 727. The lowest BCUT2D eigenvalue weighted by Crippen LogP contribution is -2.38. The number of rotatable bonds is 3. The molecule has 0 fully saturated rings. The van der Waals surface area contributed by atoms with Crippen molar-refractivity contribution in [2.75, 3.05) is 23.8 Å². The smallest absolute Gasteiger partial charge is 0.338 e. The van der Waals surface area contributed by atoms with Gasteiger partial charge >= 0.3 is 5.97 Å². The Balaban J connectivity index is 1.64. The van der Waals surface area contributed by atoms with E-state index in [1.54, 1.807) is 28.8 Å². The summed E-state index contributed by atoms with van der Waals surface area (Å²) in [5, 5.41) is 0. The van der Waals surface area contributed by atoms with E-state index < -0.39 is 5.97 Å². The molecule has 0 saturated carbocycles. The summed E-state index contributed by atoms with van der Waals surface area (Å²) in [6.07, 6.45) is 0. The van der Waals surface area contributed by atoms with Crippen molar-refractivity contribution in [3.8, 4) is 0 Å². The van der Waals surface area contributed by atoms with Crippen LogP contribution >= 0.6 is 11.8 Å². The second kappa shape index (κ2) is 6.87. The van der Waals surface area contributed by atoms with Gasteiger partial charge in [0.25, 0.3) is 5.91 Å². The fourth-order valence-corrected chi connectivity index (χ4v) is 3.40. The van der Waals surface area contributed by atoms with Gasteiger partial charge in [0.05, 0.1) is 11.3 Å². The number of ether oxygens (including phenoxy) is 1. The molecule has 0 aromatic heterocycles. The van der Waals surface area contributed by atoms with Crippen molar-refractivity contribution in [3.05, 3.63) is 59.7 Å². The molecule has 0 aliphatic carbocycles. The van der Waals surface area contributed by atoms with E-state index in [2.05, 4.69) is 0 Å². The molecule has 2 aromatic carbocycles. The average Bonchev–Trinajstić information content (AvgIpc) is 2.59. The summed E-state index contributed by atoms with van der Waals surface area (Å²) >= 11 is 1.73. The second-order valence-corrected chi connectivity index (χ2v) is 6.44. The molecule has 0 spiro atoms. The largest absolute Gasteiger partial charge is 0.452 e. The first-order chi connectivity index (χ1) is 11.1. The van der Waals surface area contributed by atoms with E-state index in [9.17, 15) is 9.59 Å². The van der Waals surface area contributed by atoms with E-state index in [1.165, 1.54) is 0 Å². The lowest BCUT2D eigenvalue weighted by atomic mass is 10.1. The van der Waals surface area contributed by atoms with Crippen LogP contribution in [0.4, 0.5) is 5.69 Å². The van der Waals surface area contributed by atoms with Crippen molar-refractivity contribution in [2.45, 2.75) is 11.8 Å². The third kappa shape index (κ3) is 3.56. The zero-order valence-corrected chi connectivity index (χ0v) is 13.6. The van der Waals surface area contributed by atoms with E-state index in [-0.39, 0.29) is 12.5 Å². The standard InChI is InChI=1S/C18H17NO3S/c1-13-6-8-14(9-7-13)18(21)22-12-17(20)19-10-11-23-16-5-3-2-4-15(16)19/h2-9H,10-12H2,1H3. The first kappa shape index (κ1) is 15.6. The molecule has 23 heavy (non-hydrogen) atoms. The summed E-state index contributed by atoms with van der Waals surface area (Å²) in [4.78, 5) is 27.2. The van der Waals surface area contributed by atoms with Gasteiger partial charge in [-0.05, 0) is 31.2 Å². The molecule has 0 N–H and O–H groups in total. The maximum atomic E-state index is 12.4. The molecule has 0 radical (unpaired) electrons. The summed E-state index contributed by atoms with van der Waals surface area (Å²) in [5.41, 5.74) is 2.41. The summed E-state index contributed by atoms with van der Waals surface area (Å²) in [6, 6.07) is 14.9. The summed E-state index contributed by atoms with van der Waals surface area (Å²) < 4.78 is 5.16. The number of carbonyl (C=O) groups excluding carboxylic acids is 2. The van der Waals surface area contributed by atoms with Gasteiger partial charge in [-0.3, -0.25) is 4.79 Å². The number of amides is 1. The van der Waals surface area contributed by atoms with E-state index in [4.69, 9.17) is 4.74 Å². The van der Waals surface area contributed by atoms with Gasteiger partial charge in [0, 0.05) is 17.2 Å². The van der Waals surface area contributed by atoms with Crippen LogP contribution in [0.5, 0.6) is 0 Å². The van der Waals surface area contributed by atoms with Gasteiger partial charge < -0.3 is 9.64 Å². The number of fused-ring (bicyclic) bond motifs is 1. The molecule has 3 rings (SSSR count). The van der Waals surface area contributed by atoms with Gasteiger partial charge in [-0.15, -0.1) is 11.8 Å². The number of benzene rings is 2. The first-order valence-electron chi connectivity index (χ1n) is 7.41. The molecule has 1 amide bonds. The number of para-hydroxylation sites is 1. The van der Waals surface area contributed by atoms with Gasteiger partial charge in [-0.25, -0.2) is 4.79 Å². The predicted octanol–water partition coefficient (Wildman–Crippen LogP) is 3.29. The molecule has 5 heteroatoms. The summed E-state index contributed by atoms with van der Waals surface area (Å²) in [7, 11) is 0. The molecule has 0 atom stereocenters. The Morgan fingerprint density at radius 2 is 1.87 bits per heavy atom. The Morgan fingerprint density at radius 3 is 2.65 bits per heavy atom. The van der Waals surface area contributed by atoms with Gasteiger partial charge in [-0.1, -0.05) is 29.8 Å². The van der Waals surface area contributed by atoms with Crippen LogP contribution in [0.3, 0.4) is 0 Å². The third-order valence-corrected chi connectivity index (χ3v) is 4.69. The maximum Gasteiger partial charge on any atom is 0.338 e. The average molecular weight is 327 g/mol. The number of esters is 1. The Kier molecular flexibility index (Phi) is 4.67. The van der Waals surface area contributed by atoms with Crippen molar-refractivity contribution < 1.29 is 14.3 Å². The first-order valence-corrected chi connectivity index (χ1v) is 8.40. The van der Waals surface area contributed by atoms with E-state index in [0.29, 0.717) is 12.1 Å². The lowest BCUT2D eigenvalue weighted by Gasteiger charge is -2.28. The van der Waals surface area contributed by atoms with Crippen LogP contribution in [-0.2, 0) is 9.53 Å². The van der Waals surface area contributed by atoms with Crippen molar-refractivity contribution in [2.24, 2.45) is 0 Å². The Morgan fingerprint density at radius 1 is 1.13 bits per heavy atom. The highest BCUT2D eigenvalue weighted by Gasteiger charge is 2.23. The molecule has 4 nitrogen and oxygen atoms in total. The van der Waals surface area contributed by atoms with Crippen molar-refractivity contribution in [1.82, 2.24) is 0 Å². The number of nitrogens with zero attached hydrogens (tertiary/aromatic N) is 1. The van der Waals surface area contributed by atoms with E-state index >= 15 is 0 Å². The van der Waals surface area contributed by atoms with Crippen LogP contribution in [0, 0.1) is 6.92 Å². The molecule has 1 heterocycles.